The summed E-state index contributed by atoms with van der Waals surface area (Å²) in [6, 6.07) is 0. The quantitative estimate of drug-likeness (QED) is 0.271. The molecule has 0 saturated heterocycles. The number of rotatable bonds is 15. The first-order valence-electron chi connectivity index (χ1n) is 8.51. The van der Waals surface area contributed by atoms with Gasteiger partial charge in [-0.3, -0.25) is 4.55 Å². The topological polar surface area (TPSA) is 54.4 Å². The minimum absolute atomic E-state index is 0. The molecule has 0 fully saturated rings. The Bertz CT molecular complexity index is 292. The van der Waals surface area contributed by atoms with Gasteiger partial charge in [-0.25, -0.2) is 0 Å². The molecule has 124 valence electrons. The molecule has 0 aliphatic heterocycles. The Labute approximate surface area is 144 Å². The van der Waals surface area contributed by atoms with Gasteiger partial charge in [0.25, 0.3) is 10.1 Å². The van der Waals surface area contributed by atoms with E-state index in [1.54, 1.807) is 0 Å². The van der Waals surface area contributed by atoms with E-state index in [2.05, 4.69) is 6.92 Å². The summed E-state index contributed by atoms with van der Waals surface area (Å²) in [6.45, 7) is 2.25. The van der Waals surface area contributed by atoms with Crippen molar-refractivity contribution in [2.24, 2.45) is 0 Å². The third kappa shape index (κ3) is 22.9. The van der Waals surface area contributed by atoms with Crippen molar-refractivity contribution in [3.8, 4) is 0 Å². The molecule has 0 unspecified atom stereocenters. The van der Waals surface area contributed by atoms with E-state index in [-0.39, 0.29) is 24.6 Å². The average molecular weight is 314 g/mol. The van der Waals surface area contributed by atoms with Crippen molar-refractivity contribution in [2.75, 3.05) is 5.75 Å². The first-order valence-corrected chi connectivity index (χ1v) is 10.1. The molecule has 0 saturated carbocycles. The molecule has 1 N–H and O–H groups in total. The van der Waals surface area contributed by atoms with Gasteiger partial charge in [0.15, 0.2) is 0 Å². The fourth-order valence-electron chi connectivity index (χ4n) is 2.48. The molecule has 0 amide bonds. The molecule has 3 nitrogen and oxygen atoms in total. The van der Waals surface area contributed by atoms with Crippen LogP contribution in [-0.4, -0.2) is 37.6 Å². The van der Waals surface area contributed by atoms with Crippen LogP contribution in [0.5, 0.6) is 0 Å². The first-order chi connectivity index (χ1) is 9.56. The van der Waals surface area contributed by atoms with Gasteiger partial charge in [-0.05, 0) is 6.42 Å². The van der Waals surface area contributed by atoms with Crippen LogP contribution in [0.4, 0.5) is 0 Å². The standard InChI is InChI=1S/C16H34O3S.Li.H/c1-2-3-4-5-6-7-8-9-10-11-12-13-14-15-16-20(17,18)19;;/h2-16H2,1H3,(H,17,18,19);;. The molecule has 0 aromatic carbocycles. The molecule has 0 aliphatic carbocycles. The van der Waals surface area contributed by atoms with Crippen LogP contribution in [0.15, 0.2) is 0 Å². The summed E-state index contributed by atoms with van der Waals surface area (Å²) in [7, 11) is -3.74. The SMILES string of the molecule is CCCCCCCCCCCCCCCCS(=O)(=O)O.[LiH]. The van der Waals surface area contributed by atoms with Crippen molar-refractivity contribution in [2.45, 2.75) is 96.8 Å². The summed E-state index contributed by atoms with van der Waals surface area (Å²) in [5.41, 5.74) is 0. The molecular formula is C16H35LiO3S. The molecule has 0 radical (unpaired) electrons. The van der Waals surface area contributed by atoms with Crippen LogP contribution >= 0.6 is 0 Å². The van der Waals surface area contributed by atoms with Gasteiger partial charge in [-0.2, -0.15) is 8.42 Å². The zero-order valence-corrected chi connectivity index (χ0v) is 14.1. The van der Waals surface area contributed by atoms with Gasteiger partial charge in [-0.15, -0.1) is 0 Å². The summed E-state index contributed by atoms with van der Waals surface area (Å²) >= 11 is 0. The zero-order valence-electron chi connectivity index (χ0n) is 13.3. The van der Waals surface area contributed by atoms with Crippen LogP contribution in [0.2, 0.25) is 0 Å². The molecular weight excluding hydrogens is 279 g/mol. The summed E-state index contributed by atoms with van der Waals surface area (Å²) in [6.07, 6.45) is 17.4. The third-order valence-corrected chi connectivity index (χ3v) is 4.56. The molecule has 21 heavy (non-hydrogen) atoms. The van der Waals surface area contributed by atoms with Crippen molar-refractivity contribution in [3.05, 3.63) is 0 Å². The molecule has 0 spiro atoms. The molecule has 0 heterocycles. The maximum atomic E-state index is 10.5. The fourth-order valence-corrected chi connectivity index (χ4v) is 3.05. The van der Waals surface area contributed by atoms with Crippen molar-refractivity contribution in [1.29, 1.82) is 0 Å². The molecule has 0 aliphatic rings. The van der Waals surface area contributed by atoms with Gasteiger partial charge in [0.05, 0.1) is 5.75 Å². The summed E-state index contributed by atoms with van der Waals surface area (Å²) in [5, 5.41) is 0. The van der Waals surface area contributed by atoms with Crippen LogP contribution in [0.1, 0.15) is 96.8 Å². The predicted molar refractivity (Wildman–Crippen MR) is 93.9 cm³/mol. The van der Waals surface area contributed by atoms with E-state index in [9.17, 15) is 8.42 Å². The van der Waals surface area contributed by atoms with E-state index in [0.717, 1.165) is 12.8 Å². The monoisotopic (exact) mass is 314 g/mol. The Morgan fingerprint density at radius 3 is 1.19 bits per heavy atom. The van der Waals surface area contributed by atoms with Crippen LogP contribution in [0, 0.1) is 0 Å². The molecule has 0 atom stereocenters. The van der Waals surface area contributed by atoms with Crippen LogP contribution in [0.25, 0.3) is 0 Å². The molecule has 0 aromatic rings. The summed E-state index contributed by atoms with van der Waals surface area (Å²) in [4.78, 5) is 0. The fraction of sp³-hybridized carbons (Fsp3) is 1.00. The zero-order chi connectivity index (χ0) is 15.1. The Morgan fingerprint density at radius 2 is 0.905 bits per heavy atom. The molecule has 0 bridgehead atoms. The summed E-state index contributed by atoms with van der Waals surface area (Å²) in [5.74, 6) is -0.0783. The Morgan fingerprint density at radius 1 is 0.619 bits per heavy atom. The van der Waals surface area contributed by atoms with E-state index in [4.69, 9.17) is 4.55 Å². The van der Waals surface area contributed by atoms with Gasteiger partial charge in [0.1, 0.15) is 0 Å². The van der Waals surface area contributed by atoms with E-state index in [0.29, 0.717) is 6.42 Å². The number of hydrogen-bond acceptors (Lipinski definition) is 2. The van der Waals surface area contributed by atoms with Crippen LogP contribution < -0.4 is 0 Å². The van der Waals surface area contributed by atoms with Crippen LogP contribution in [0.3, 0.4) is 0 Å². The number of unbranched alkanes of at least 4 members (excludes halogenated alkanes) is 13. The second kappa shape index (κ2) is 16.9. The van der Waals surface area contributed by atoms with Gasteiger partial charge in [-0.1, -0.05) is 90.4 Å². The van der Waals surface area contributed by atoms with Gasteiger partial charge >= 0.3 is 18.9 Å². The second-order valence-corrected chi connectivity index (χ2v) is 7.45. The van der Waals surface area contributed by atoms with Crippen molar-refractivity contribution >= 4 is 29.0 Å². The Kier molecular flexibility index (Phi) is 19.1. The van der Waals surface area contributed by atoms with Gasteiger partial charge < -0.3 is 0 Å². The van der Waals surface area contributed by atoms with Crippen molar-refractivity contribution in [1.82, 2.24) is 0 Å². The third-order valence-electron chi connectivity index (χ3n) is 3.76. The predicted octanol–water partition coefficient (Wildman–Crippen LogP) is 4.71. The molecule has 0 rings (SSSR count). The van der Waals surface area contributed by atoms with E-state index < -0.39 is 10.1 Å². The normalized spacial score (nSPS) is 11.3. The van der Waals surface area contributed by atoms with Crippen LogP contribution in [-0.2, 0) is 10.1 Å². The first kappa shape index (κ1) is 23.8. The van der Waals surface area contributed by atoms with E-state index in [1.165, 1.54) is 70.6 Å². The Hall–Kier alpha value is 0.507. The Balaban J connectivity index is 0. The second-order valence-electron chi connectivity index (χ2n) is 5.88. The number of hydrogen-bond donors (Lipinski definition) is 1. The average Bonchev–Trinajstić information content (AvgIpc) is 2.38. The molecule has 5 heteroatoms. The van der Waals surface area contributed by atoms with E-state index >= 15 is 0 Å². The molecule has 0 aromatic heterocycles. The van der Waals surface area contributed by atoms with Gasteiger partial charge in [0, 0.05) is 0 Å². The van der Waals surface area contributed by atoms with Crippen molar-refractivity contribution in [3.63, 3.8) is 0 Å². The van der Waals surface area contributed by atoms with E-state index in [1.807, 2.05) is 0 Å². The minimum atomic E-state index is -3.74. The van der Waals surface area contributed by atoms with Gasteiger partial charge in [0.2, 0.25) is 0 Å². The summed E-state index contributed by atoms with van der Waals surface area (Å²) < 4.78 is 29.6. The maximum absolute atomic E-state index is 10.5. The van der Waals surface area contributed by atoms with Crippen molar-refractivity contribution < 1.29 is 13.0 Å².